The second-order valence-electron chi connectivity index (χ2n) is 6.96. The van der Waals surface area contributed by atoms with Gasteiger partial charge in [-0.15, -0.1) is 0 Å². The standard InChI is InChI=1S/C22H20N2O5/c1-13(20(25)14-5-8-16(28-2)9-6-14)29-22(27)15-7-10-17-18(12-15)23-19-4-3-11-24(19)21(17)26/h5-10,12-13H,3-4,11H2,1-2H3/t13-/m0/s1. The molecular weight excluding hydrogens is 372 g/mol. The maximum atomic E-state index is 12.5. The van der Waals surface area contributed by atoms with E-state index in [0.717, 1.165) is 18.7 Å². The Bertz CT molecular complexity index is 1160. The highest BCUT2D eigenvalue weighted by atomic mass is 16.5. The van der Waals surface area contributed by atoms with Crippen molar-refractivity contribution in [1.82, 2.24) is 9.55 Å². The lowest BCUT2D eigenvalue weighted by Gasteiger charge is -2.13. The van der Waals surface area contributed by atoms with Crippen molar-refractivity contribution in [3.8, 4) is 5.75 Å². The molecule has 1 aliphatic heterocycles. The molecule has 0 saturated heterocycles. The summed E-state index contributed by atoms with van der Waals surface area (Å²) in [4.78, 5) is 42.1. The van der Waals surface area contributed by atoms with E-state index in [-0.39, 0.29) is 16.9 Å². The molecule has 7 nitrogen and oxygen atoms in total. The van der Waals surface area contributed by atoms with Crippen molar-refractivity contribution in [3.05, 3.63) is 69.8 Å². The van der Waals surface area contributed by atoms with Gasteiger partial charge in [-0.05, 0) is 55.8 Å². The van der Waals surface area contributed by atoms with Crippen molar-refractivity contribution < 1.29 is 19.1 Å². The van der Waals surface area contributed by atoms with Crippen LogP contribution in [0, 0.1) is 0 Å². The van der Waals surface area contributed by atoms with E-state index in [1.54, 1.807) is 48.1 Å². The summed E-state index contributed by atoms with van der Waals surface area (Å²) >= 11 is 0. The maximum Gasteiger partial charge on any atom is 0.338 e. The SMILES string of the molecule is COc1ccc(C(=O)[C@H](C)OC(=O)c2ccc3c(=O)n4c(nc3c2)CCC4)cc1. The fraction of sp³-hybridized carbons (Fsp3) is 0.273. The van der Waals surface area contributed by atoms with Crippen LogP contribution in [-0.2, 0) is 17.7 Å². The number of esters is 1. The van der Waals surface area contributed by atoms with Crippen molar-refractivity contribution in [2.75, 3.05) is 7.11 Å². The molecular formula is C22H20N2O5. The smallest absolute Gasteiger partial charge is 0.338 e. The normalized spacial score (nSPS) is 13.7. The molecule has 29 heavy (non-hydrogen) atoms. The number of rotatable bonds is 5. The first-order valence-corrected chi connectivity index (χ1v) is 9.40. The van der Waals surface area contributed by atoms with Crippen LogP contribution in [0.15, 0.2) is 47.3 Å². The molecule has 0 saturated carbocycles. The van der Waals surface area contributed by atoms with Crippen molar-refractivity contribution >= 4 is 22.7 Å². The number of methoxy groups -OCH3 is 1. The Morgan fingerprint density at radius 3 is 2.55 bits per heavy atom. The Morgan fingerprint density at radius 1 is 1.10 bits per heavy atom. The third-order valence-electron chi connectivity index (χ3n) is 5.08. The molecule has 0 fully saturated rings. The number of fused-ring (bicyclic) bond motifs is 2. The van der Waals surface area contributed by atoms with Gasteiger partial charge in [-0.1, -0.05) is 0 Å². The molecule has 0 radical (unpaired) electrons. The fourth-order valence-corrected chi connectivity index (χ4v) is 3.48. The van der Waals surface area contributed by atoms with Gasteiger partial charge in [-0.3, -0.25) is 14.2 Å². The predicted octanol–water partition coefficient (Wildman–Crippen LogP) is 2.78. The molecule has 2 aromatic carbocycles. The monoisotopic (exact) mass is 392 g/mol. The summed E-state index contributed by atoms with van der Waals surface area (Å²) in [7, 11) is 1.54. The molecule has 1 aromatic heterocycles. The van der Waals surface area contributed by atoms with E-state index in [9.17, 15) is 14.4 Å². The largest absolute Gasteiger partial charge is 0.497 e. The number of carbonyl (C=O) groups is 2. The lowest BCUT2D eigenvalue weighted by atomic mass is 10.1. The number of nitrogens with zero attached hydrogens (tertiary/aromatic N) is 2. The highest BCUT2D eigenvalue weighted by molar-refractivity contribution is 6.02. The van der Waals surface area contributed by atoms with Crippen LogP contribution in [0.1, 0.15) is 39.9 Å². The first-order valence-electron chi connectivity index (χ1n) is 9.40. The van der Waals surface area contributed by atoms with Crippen LogP contribution in [0.25, 0.3) is 10.9 Å². The quantitative estimate of drug-likeness (QED) is 0.490. The molecule has 0 spiro atoms. The van der Waals surface area contributed by atoms with E-state index in [2.05, 4.69) is 4.98 Å². The zero-order valence-corrected chi connectivity index (χ0v) is 16.2. The number of aromatic nitrogens is 2. The first-order chi connectivity index (χ1) is 14.0. The summed E-state index contributed by atoms with van der Waals surface area (Å²) in [6.07, 6.45) is 0.677. The van der Waals surface area contributed by atoms with Crippen LogP contribution < -0.4 is 10.3 Å². The molecule has 0 aliphatic carbocycles. The minimum Gasteiger partial charge on any atom is -0.497 e. The molecule has 0 amide bonds. The van der Waals surface area contributed by atoms with E-state index in [0.29, 0.717) is 28.8 Å². The molecule has 7 heteroatoms. The van der Waals surface area contributed by atoms with Gasteiger partial charge in [-0.25, -0.2) is 9.78 Å². The van der Waals surface area contributed by atoms with Crippen molar-refractivity contribution in [2.24, 2.45) is 0 Å². The summed E-state index contributed by atoms with van der Waals surface area (Å²) in [5.41, 5.74) is 1.05. The average molecular weight is 392 g/mol. The third-order valence-corrected chi connectivity index (χ3v) is 5.08. The molecule has 4 rings (SSSR count). The Morgan fingerprint density at radius 2 is 1.83 bits per heavy atom. The third kappa shape index (κ3) is 3.51. The number of aryl methyl sites for hydroxylation is 1. The minimum absolute atomic E-state index is 0.0922. The van der Waals surface area contributed by atoms with E-state index in [1.807, 2.05) is 0 Å². The van der Waals surface area contributed by atoms with Gasteiger partial charge >= 0.3 is 5.97 Å². The van der Waals surface area contributed by atoms with Crippen LogP contribution in [0.4, 0.5) is 0 Å². The van der Waals surface area contributed by atoms with E-state index in [4.69, 9.17) is 9.47 Å². The molecule has 3 aromatic rings. The van der Waals surface area contributed by atoms with Crippen LogP contribution >= 0.6 is 0 Å². The molecule has 1 atom stereocenters. The number of ether oxygens (including phenoxy) is 2. The molecule has 2 heterocycles. The number of Topliss-reactive ketones (excluding diaryl/α,β-unsaturated/α-hetero) is 1. The lowest BCUT2D eigenvalue weighted by molar-refractivity contribution is 0.0319. The Balaban J connectivity index is 1.54. The molecule has 1 aliphatic rings. The van der Waals surface area contributed by atoms with Gasteiger partial charge in [0.15, 0.2) is 6.10 Å². The zero-order valence-electron chi connectivity index (χ0n) is 16.2. The number of ketones is 1. The van der Waals surface area contributed by atoms with Crippen LogP contribution in [0.2, 0.25) is 0 Å². The number of hydrogen-bond donors (Lipinski definition) is 0. The minimum atomic E-state index is -0.954. The molecule has 148 valence electrons. The van der Waals surface area contributed by atoms with Crippen molar-refractivity contribution in [3.63, 3.8) is 0 Å². The Hall–Kier alpha value is -3.48. The Kier molecular flexibility index (Phi) is 4.88. The highest BCUT2D eigenvalue weighted by Crippen LogP contribution is 2.18. The predicted molar refractivity (Wildman–Crippen MR) is 107 cm³/mol. The first kappa shape index (κ1) is 18.9. The summed E-state index contributed by atoms with van der Waals surface area (Å²) in [5.74, 6) is 0.424. The highest BCUT2D eigenvalue weighted by Gasteiger charge is 2.22. The second-order valence-corrected chi connectivity index (χ2v) is 6.96. The van der Waals surface area contributed by atoms with Gasteiger partial charge in [0.05, 0.1) is 23.6 Å². The Labute approximate surface area is 166 Å². The van der Waals surface area contributed by atoms with E-state index < -0.39 is 12.1 Å². The zero-order chi connectivity index (χ0) is 20.5. The van der Waals surface area contributed by atoms with Gasteiger partial charge in [0.2, 0.25) is 5.78 Å². The van der Waals surface area contributed by atoms with Gasteiger partial charge in [0, 0.05) is 18.5 Å². The van der Waals surface area contributed by atoms with E-state index >= 15 is 0 Å². The van der Waals surface area contributed by atoms with Crippen LogP contribution in [-0.4, -0.2) is 34.5 Å². The van der Waals surface area contributed by atoms with Crippen molar-refractivity contribution in [1.29, 1.82) is 0 Å². The van der Waals surface area contributed by atoms with Gasteiger partial charge in [0.1, 0.15) is 11.6 Å². The number of benzene rings is 2. The fourth-order valence-electron chi connectivity index (χ4n) is 3.48. The summed E-state index contributed by atoms with van der Waals surface area (Å²) in [6.45, 7) is 2.20. The van der Waals surface area contributed by atoms with Gasteiger partial charge < -0.3 is 9.47 Å². The van der Waals surface area contributed by atoms with Crippen LogP contribution in [0.5, 0.6) is 5.75 Å². The van der Waals surface area contributed by atoms with Crippen molar-refractivity contribution in [2.45, 2.75) is 32.4 Å². The maximum absolute atomic E-state index is 12.5. The second kappa shape index (κ2) is 7.50. The number of hydrogen-bond acceptors (Lipinski definition) is 6. The van der Waals surface area contributed by atoms with E-state index in [1.165, 1.54) is 13.0 Å². The lowest BCUT2D eigenvalue weighted by Crippen LogP contribution is -2.25. The molecule has 0 bridgehead atoms. The average Bonchev–Trinajstić information content (AvgIpc) is 3.21. The molecule has 0 N–H and O–H groups in total. The number of carbonyl (C=O) groups excluding carboxylic acids is 2. The van der Waals surface area contributed by atoms with Crippen LogP contribution in [0.3, 0.4) is 0 Å². The molecule has 0 unspecified atom stereocenters. The summed E-state index contributed by atoms with van der Waals surface area (Å²) in [6, 6.07) is 11.3. The summed E-state index contributed by atoms with van der Waals surface area (Å²) in [5, 5.41) is 0.467. The summed E-state index contributed by atoms with van der Waals surface area (Å²) < 4.78 is 12.1. The van der Waals surface area contributed by atoms with Gasteiger partial charge in [-0.2, -0.15) is 0 Å². The topological polar surface area (TPSA) is 87.5 Å². The van der Waals surface area contributed by atoms with Gasteiger partial charge in [0.25, 0.3) is 5.56 Å².